The Bertz CT molecular complexity index is 551. The maximum absolute atomic E-state index is 12.7. The number of amides is 2. The lowest BCUT2D eigenvalue weighted by molar-refractivity contribution is -0.143. The number of carbonyl (C=O) groups excluding carboxylic acids is 2. The van der Waals surface area contributed by atoms with Crippen LogP contribution in [0, 0.1) is 5.92 Å². The van der Waals surface area contributed by atoms with Gasteiger partial charge in [0.1, 0.15) is 17.4 Å². The van der Waals surface area contributed by atoms with Crippen molar-refractivity contribution in [2.45, 2.75) is 58.1 Å². The standard InChI is InChI=1S/C18H28N2O4/c1-13(2)11-14(20-9-5-4-8-16(20)21)17(22)19-12-18(3,23)15-7-6-10-24-15/h6-7,10,13-14,23H,4-5,8-9,11-12H2,1-3H3,(H,19,22). The molecule has 0 aromatic carbocycles. The highest BCUT2D eigenvalue weighted by Crippen LogP contribution is 2.22. The molecule has 0 bridgehead atoms. The monoisotopic (exact) mass is 336 g/mol. The molecule has 1 aromatic rings. The third-order valence-corrected chi connectivity index (χ3v) is 4.39. The number of likely N-dealkylation sites (tertiary alicyclic amines) is 1. The van der Waals surface area contributed by atoms with Crippen LogP contribution in [0.2, 0.25) is 0 Å². The van der Waals surface area contributed by atoms with Crippen LogP contribution in [0.25, 0.3) is 0 Å². The van der Waals surface area contributed by atoms with Gasteiger partial charge in [0.15, 0.2) is 0 Å². The maximum atomic E-state index is 12.7. The summed E-state index contributed by atoms with van der Waals surface area (Å²) in [6, 6.07) is 2.89. The average Bonchev–Trinajstić information content (AvgIpc) is 3.06. The lowest BCUT2D eigenvalue weighted by Crippen LogP contribution is -2.53. The summed E-state index contributed by atoms with van der Waals surface area (Å²) in [4.78, 5) is 26.6. The number of piperidine rings is 1. The Labute approximate surface area is 143 Å². The average molecular weight is 336 g/mol. The van der Waals surface area contributed by atoms with Crippen LogP contribution in [0.1, 0.15) is 52.2 Å². The van der Waals surface area contributed by atoms with Crippen LogP contribution in [0.5, 0.6) is 0 Å². The van der Waals surface area contributed by atoms with Gasteiger partial charge in [0.05, 0.1) is 12.8 Å². The molecule has 1 fully saturated rings. The van der Waals surface area contributed by atoms with Crippen molar-refractivity contribution in [3.8, 4) is 0 Å². The van der Waals surface area contributed by atoms with Gasteiger partial charge in [-0.1, -0.05) is 13.8 Å². The number of furan rings is 1. The van der Waals surface area contributed by atoms with Gasteiger partial charge < -0.3 is 19.7 Å². The van der Waals surface area contributed by atoms with Gasteiger partial charge in [-0.2, -0.15) is 0 Å². The van der Waals surface area contributed by atoms with Crippen molar-refractivity contribution >= 4 is 11.8 Å². The van der Waals surface area contributed by atoms with E-state index in [2.05, 4.69) is 5.32 Å². The second-order valence-electron chi connectivity index (χ2n) is 7.16. The molecule has 134 valence electrons. The molecule has 0 aliphatic carbocycles. The highest BCUT2D eigenvalue weighted by atomic mass is 16.4. The molecule has 2 rings (SSSR count). The number of carbonyl (C=O) groups is 2. The first-order valence-electron chi connectivity index (χ1n) is 8.65. The van der Waals surface area contributed by atoms with E-state index in [1.54, 1.807) is 24.0 Å². The first-order chi connectivity index (χ1) is 11.3. The van der Waals surface area contributed by atoms with Gasteiger partial charge >= 0.3 is 0 Å². The van der Waals surface area contributed by atoms with Crippen molar-refractivity contribution in [2.75, 3.05) is 13.1 Å². The highest BCUT2D eigenvalue weighted by Gasteiger charge is 2.34. The predicted octanol–water partition coefficient (Wildman–Crippen LogP) is 2.03. The van der Waals surface area contributed by atoms with E-state index in [0.717, 1.165) is 12.8 Å². The summed E-state index contributed by atoms with van der Waals surface area (Å²) in [6.45, 7) is 6.32. The van der Waals surface area contributed by atoms with Gasteiger partial charge in [-0.3, -0.25) is 9.59 Å². The van der Waals surface area contributed by atoms with Crippen LogP contribution in [-0.4, -0.2) is 41.0 Å². The Morgan fingerprint density at radius 2 is 2.21 bits per heavy atom. The zero-order valence-electron chi connectivity index (χ0n) is 14.7. The number of rotatable bonds is 7. The zero-order chi connectivity index (χ0) is 17.7. The molecule has 1 saturated heterocycles. The molecule has 2 heterocycles. The summed E-state index contributed by atoms with van der Waals surface area (Å²) in [5, 5.41) is 13.3. The van der Waals surface area contributed by atoms with E-state index in [-0.39, 0.29) is 18.4 Å². The minimum atomic E-state index is -1.28. The number of hydrogen-bond donors (Lipinski definition) is 2. The van der Waals surface area contributed by atoms with Crippen molar-refractivity contribution in [1.82, 2.24) is 10.2 Å². The molecule has 2 N–H and O–H groups in total. The van der Waals surface area contributed by atoms with Gasteiger partial charge in [0, 0.05) is 13.0 Å². The molecule has 1 aliphatic rings. The van der Waals surface area contributed by atoms with Crippen LogP contribution in [-0.2, 0) is 15.2 Å². The van der Waals surface area contributed by atoms with E-state index < -0.39 is 11.6 Å². The highest BCUT2D eigenvalue weighted by molar-refractivity contribution is 5.88. The molecule has 2 unspecified atom stereocenters. The SMILES string of the molecule is CC(C)CC(C(=O)NCC(C)(O)c1ccco1)N1CCCCC1=O. The molecule has 6 nitrogen and oxygen atoms in total. The molecule has 1 aromatic heterocycles. The van der Waals surface area contributed by atoms with Crippen molar-refractivity contribution in [3.63, 3.8) is 0 Å². The number of aliphatic hydroxyl groups is 1. The lowest BCUT2D eigenvalue weighted by atomic mass is 9.98. The maximum Gasteiger partial charge on any atom is 0.242 e. The smallest absolute Gasteiger partial charge is 0.242 e. The van der Waals surface area contributed by atoms with Crippen LogP contribution in [0.4, 0.5) is 0 Å². The van der Waals surface area contributed by atoms with Crippen molar-refractivity contribution in [3.05, 3.63) is 24.2 Å². The Morgan fingerprint density at radius 3 is 2.79 bits per heavy atom. The molecular formula is C18H28N2O4. The molecule has 0 spiro atoms. The van der Waals surface area contributed by atoms with Crippen LogP contribution in [0.15, 0.2) is 22.8 Å². The van der Waals surface area contributed by atoms with Gasteiger partial charge in [0.25, 0.3) is 0 Å². The van der Waals surface area contributed by atoms with Crippen LogP contribution < -0.4 is 5.32 Å². The van der Waals surface area contributed by atoms with Crippen molar-refractivity contribution in [2.24, 2.45) is 5.92 Å². The van der Waals surface area contributed by atoms with E-state index in [0.29, 0.717) is 31.1 Å². The molecule has 24 heavy (non-hydrogen) atoms. The van der Waals surface area contributed by atoms with E-state index in [4.69, 9.17) is 4.42 Å². The van der Waals surface area contributed by atoms with E-state index in [1.165, 1.54) is 6.26 Å². The normalized spacial score (nSPS) is 19.2. The number of hydrogen-bond acceptors (Lipinski definition) is 4. The van der Waals surface area contributed by atoms with Crippen molar-refractivity contribution in [1.29, 1.82) is 0 Å². The molecule has 1 aliphatic heterocycles. The number of nitrogens with zero attached hydrogens (tertiary/aromatic N) is 1. The van der Waals surface area contributed by atoms with Gasteiger partial charge in [-0.05, 0) is 44.2 Å². The third-order valence-electron chi connectivity index (χ3n) is 4.39. The fourth-order valence-electron chi connectivity index (χ4n) is 3.03. The summed E-state index contributed by atoms with van der Waals surface area (Å²) >= 11 is 0. The molecule has 0 saturated carbocycles. The fraction of sp³-hybridized carbons (Fsp3) is 0.667. The molecule has 2 amide bonds. The second kappa shape index (κ2) is 7.83. The number of nitrogens with one attached hydrogen (secondary N) is 1. The molecular weight excluding hydrogens is 308 g/mol. The largest absolute Gasteiger partial charge is 0.466 e. The topological polar surface area (TPSA) is 82.8 Å². The van der Waals surface area contributed by atoms with Gasteiger partial charge in [-0.15, -0.1) is 0 Å². The minimum absolute atomic E-state index is 0.0377. The quantitative estimate of drug-likeness (QED) is 0.798. The fourth-order valence-corrected chi connectivity index (χ4v) is 3.03. The van der Waals surface area contributed by atoms with Crippen LogP contribution in [0.3, 0.4) is 0 Å². The molecule has 6 heteroatoms. The van der Waals surface area contributed by atoms with Gasteiger partial charge in [-0.25, -0.2) is 0 Å². The third kappa shape index (κ3) is 4.60. The second-order valence-corrected chi connectivity index (χ2v) is 7.16. The van der Waals surface area contributed by atoms with Crippen LogP contribution >= 0.6 is 0 Å². The van der Waals surface area contributed by atoms with Gasteiger partial charge in [0.2, 0.25) is 11.8 Å². The Balaban J connectivity index is 2.03. The molecule has 0 radical (unpaired) electrons. The summed E-state index contributed by atoms with van der Waals surface area (Å²) in [5.41, 5.74) is -1.28. The van der Waals surface area contributed by atoms with E-state index in [9.17, 15) is 14.7 Å². The lowest BCUT2D eigenvalue weighted by Gasteiger charge is -2.35. The summed E-state index contributed by atoms with van der Waals surface area (Å²) in [5.74, 6) is 0.518. The predicted molar refractivity (Wildman–Crippen MR) is 90.1 cm³/mol. The Kier molecular flexibility index (Phi) is 6.04. The van der Waals surface area contributed by atoms with Crippen molar-refractivity contribution < 1.29 is 19.1 Å². The summed E-state index contributed by atoms with van der Waals surface area (Å²) < 4.78 is 5.22. The first kappa shape index (κ1) is 18.5. The zero-order valence-corrected chi connectivity index (χ0v) is 14.7. The summed E-state index contributed by atoms with van der Waals surface area (Å²) in [6.07, 6.45) is 4.42. The van der Waals surface area contributed by atoms with E-state index in [1.807, 2.05) is 13.8 Å². The first-order valence-corrected chi connectivity index (χ1v) is 8.65. The van der Waals surface area contributed by atoms with E-state index >= 15 is 0 Å². The Morgan fingerprint density at radius 1 is 1.46 bits per heavy atom. The molecule has 2 atom stereocenters. The summed E-state index contributed by atoms with van der Waals surface area (Å²) in [7, 11) is 0. The Hall–Kier alpha value is -1.82. The minimum Gasteiger partial charge on any atom is -0.466 e.